The standard InChI is InChI=1S/C22H22N2O5S/c1-13(22(26)27)23-24(2)20(25)12-17-15-10-9-14(28-3)11-19(15)30-21(17)16-7-5-6-8-18(16)29-4/h5-11H,12H2,1-4H3,(H,26,27). The van der Waals surface area contributed by atoms with E-state index < -0.39 is 5.97 Å². The molecule has 3 rings (SSSR count). The van der Waals surface area contributed by atoms with Gasteiger partial charge in [0, 0.05) is 22.2 Å². The lowest BCUT2D eigenvalue weighted by Crippen LogP contribution is -2.26. The smallest absolute Gasteiger partial charge is 0.351 e. The second-order valence-electron chi connectivity index (χ2n) is 6.56. The van der Waals surface area contributed by atoms with Crippen LogP contribution in [0.3, 0.4) is 0 Å². The lowest BCUT2D eigenvalue weighted by atomic mass is 10.0. The van der Waals surface area contributed by atoms with Crippen molar-refractivity contribution in [3.05, 3.63) is 48.0 Å². The molecular weight excluding hydrogens is 404 g/mol. The molecule has 0 radical (unpaired) electrons. The quantitative estimate of drug-likeness (QED) is 0.455. The first-order valence-electron chi connectivity index (χ1n) is 9.13. The fraction of sp³-hybridized carbons (Fsp3) is 0.227. The normalized spacial score (nSPS) is 11.4. The second kappa shape index (κ2) is 8.96. The lowest BCUT2D eigenvalue weighted by molar-refractivity contribution is -0.130. The molecule has 0 bridgehead atoms. The van der Waals surface area contributed by atoms with E-state index >= 15 is 0 Å². The number of hydrogen-bond donors (Lipinski definition) is 1. The molecule has 0 aliphatic heterocycles. The van der Waals surface area contributed by atoms with Crippen molar-refractivity contribution in [2.24, 2.45) is 5.10 Å². The maximum absolute atomic E-state index is 12.8. The molecule has 0 saturated heterocycles. The number of hydrazone groups is 1. The molecule has 1 N–H and O–H groups in total. The highest BCUT2D eigenvalue weighted by atomic mass is 32.1. The minimum atomic E-state index is -1.17. The van der Waals surface area contributed by atoms with Crippen molar-refractivity contribution in [2.45, 2.75) is 13.3 Å². The average molecular weight is 426 g/mol. The van der Waals surface area contributed by atoms with Gasteiger partial charge >= 0.3 is 5.97 Å². The predicted octanol–water partition coefficient (Wildman–Crippen LogP) is 4.05. The highest BCUT2D eigenvalue weighted by molar-refractivity contribution is 7.22. The Kier molecular flexibility index (Phi) is 6.37. The van der Waals surface area contributed by atoms with Crippen LogP contribution < -0.4 is 9.47 Å². The number of carbonyl (C=O) groups excluding carboxylic acids is 1. The van der Waals surface area contributed by atoms with Gasteiger partial charge < -0.3 is 14.6 Å². The Morgan fingerprint density at radius 3 is 2.53 bits per heavy atom. The average Bonchev–Trinajstić information content (AvgIpc) is 3.10. The number of amides is 1. The summed E-state index contributed by atoms with van der Waals surface area (Å²) >= 11 is 1.55. The number of likely N-dealkylation sites (N-methyl/N-ethyl adjacent to an activating group) is 1. The van der Waals surface area contributed by atoms with Gasteiger partial charge in [0.05, 0.1) is 20.6 Å². The molecule has 156 valence electrons. The Labute approximate surface area is 178 Å². The minimum absolute atomic E-state index is 0.0621. The Morgan fingerprint density at radius 2 is 1.87 bits per heavy atom. The van der Waals surface area contributed by atoms with Gasteiger partial charge in [-0.15, -0.1) is 11.3 Å². The summed E-state index contributed by atoms with van der Waals surface area (Å²) in [6.45, 7) is 1.35. The van der Waals surface area contributed by atoms with E-state index in [9.17, 15) is 9.59 Å². The van der Waals surface area contributed by atoms with E-state index in [0.717, 1.165) is 36.8 Å². The summed E-state index contributed by atoms with van der Waals surface area (Å²) in [6.07, 6.45) is 0.0621. The third-order valence-electron chi connectivity index (χ3n) is 4.65. The first-order valence-corrected chi connectivity index (χ1v) is 9.95. The van der Waals surface area contributed by atoms with Crippen molar-refractivity contribution in [1.29, 1.82) is 0 Å². The Hall–Kier alpha value is -3.39. The van der Waals surface area contributed by atoms with Crippen LogP contribution in [-0.4, -0.2) is 49.0 Å². The molecule has 0 saturated carbocycles. The van der Waals surface area contributed by atoms with E-state index in [1.807, 2.05) is 42.5 Å². The number of nitrogens with zero attached hydrogens (tertiary/aromatic N) is 2. The Bertz CT molecular complexity index is 1140. The summed E-state index contributed by atoms with van der Waals surface area (Å²) in [5.74, 6) is -0.0514. The molecule has 3 aromatic rings. The molecule has 8 heteroatoms. The highest BCUT2D eigenvalue weighted by Gasteiger charge is 2.21. The first-order chi connectivity index (χ1) is 14.3. The van der Waals surface area contributed by atoms with Gasteiger partial charge in [0.1, 0.15) is 17.2 Å². The molecule has 1 amide bonds. The molecule has 0 unspecified atom stereocenters. The number of rotatable bonds is 7. The lowest BCUT2D eigenvalue weighted by Gasteiger charge is -2.13. The van der Waals surface area contributed by atoms with Gasteiger partial charge in [-0.1, -0.05) is 12.1 Å². The molecule has 0 spiro atoms. The maximum atomic E-state index is 12.8. The maximum Gasteiger partial charge on any atom is 0.351 e. The fourth-order valence-electron chi connectivity index (χ4n) is 3.07. The summed E-state index contributed by atoms with van der Waals surface area (Å²) in [4.78, 5) is 24.8. The monoisotopic (exact) mass is 426 g/mol. The van der Waals surface area contributed by atoms with E-state index in [1.54, 1.807) is 25.6 Å². The van der Waals surface area contributed by atoms with Crippen LogP contribution in [0.5, 0.6) is 11.5 Å². The van der Waals surface area contributed by atoms with Crippen LogP contribution in [0.2, 0.25) is 0 Å². The van der Waals surface area contributed by atoms with E-state index in [0.29, 0.717) is 5.75 Å². The number of thiophene rings is 1. The van der Waals surface area contributed by atoms with Gasteiger partial charge in [0.2, 0.25) is 5.91 Å². The van der Waals surface area contributed by atoms with Crippen LogP contribution in [0.1, 0.15) is 12.5 Å². The number of ether oxygens (including phenoxy) is 2. The predicted molar refractivity (Wildman–Crippen MR) is 118 cm³/mol. The highest BCUT2D eigenvalue weighted by Crippen LogP contribution is 2.43. The van der Waals surface area contributed by atoms with Gasteiger partial charge in [-0.25, -0.2) is 9.80 Å². The van der Waals surface area contributed by atoms with Crippen LogP contribution in [-0.2, 0) is 16.0 Å². The van der Waals surface area contributed by atoms with Gasteiger partial charge in [-0.3, -0.25) is 4.79 Å². The van der Waals surface area contributed by atoms with Crippen LogP contribution in [0, 0.1) is 0 Å². The molecule has 7 nitrogen and oxygen atoms in total. The number of carboxylic acid groups (broad SMARTS) is 1. The molecule has 1 aromatic heterocycles. The summed E-state index contributed by atoms with van der Waals surface area (Å²) in [5.41, 5.74) is 1.56. The van der Waals surface area contributed by atoms with Crippen LogP contribution >= 0.6 is 11.3 Å². The third-order valence-corrected chi connectivity index (χ3v) is 5.88. The molecule has 0 atom stereocenters. The van der Waals surface area contributed by atoms with Crippen LogP contribution in [0.15, 0.2) is 47.6 Å². The summed E-state index contributed by atoms with van der Waals surface area (Å²) in [5, 5.41) is 14.9. The van der Waals surface area contributed by atoms with Gasteiger partial charge in [0.15, 0.2) is 0 Å². The number of fused-ring (bicyclic) bond motifs is 1. The number of aliphatic carboxylic acids is 1. The number of carbonyl (C=O) groups is 2. The molecule has 0 aliphatic carbocycles. The van der Waals surface area contributed by atoms with Gasteiger partial charge in [0.25, 0.3) is 0 Å². The van der Waals surface area contributed by atoms with Crippen molar-refractivity contribution in [3.8, 4) is 21.9 Å². The fourth-order valence-corrected chi connectivity index (χ4v) is 4.35. The third kappa shape index (κ3) is 4.28. The van der Waals surface area contributed by atoms with E-state index in [1.165, 1.54) is 14.0 Å². The molecule has 2 aromatic carbocycles. The zero-order chi connectivity index (χ0) is 21.8. The Morgan fingerprint density at radius 1 is 1.13 bits per heavy atom. The van der Waals surface area contributed by atoms with Crippen molar-refractivity contribution in [1.82, 2.24) is 5.01 Å². The number of hydrogen-bond acceptors (Lipinski definition) is 6. The minimum Gasteiger partial charge on any atom is -0.497 e. The first kappa shape index (κ1) is 21.3. The SMILES string of the molecule is COc1ccc2c(CC(=O)N(C)N=C(C)C(=O)O)c(-c3ccccc3OC)sc2c1. The number of methoxy groups -OCH3 is 2. The zero-order valence-electron chi connectivity index (χ0n) is 17.1. The topological polar surface area (TPSA) is 88.4 Å². The van der Waals surface area contributed by atoms with Crippen LogP contribution in [0.4, 0.5) is 0 Å². The van der Waals surface area contributed by atoms with Crippen molar-refractivity contribution in [3.63, 3.8) is 0 Å². The van der Waals surface area contributed by atoms with Crippen molar-refractivity contribution < 1.29 is 24.2 Å². The van der Waals surface area contributed by atoms with Crippen molar-refractivity contribution >= 4 is 39.0 Å². The summed E-state index contributed by atoms with van der Waals surface area (Å²) in [6, 6.07) is 13.3. The largest absolute Gasteiger partial charge is 0.497 e. The van der Waals surface area contributed by atoms with Crippen molar-refractivity contribution in [2.75, 3.05) is 21.3 Å². The Balaban J connectivity index is 2.11. The van der Waals surface area contributed by atoms with Crippen LogP contribution in [0.25, 0.3) is 20.5 Å². The van der Waals surface area contributed by atoms with E-state index in [-0.39, 0.29) is 18.0 Å². The number of para-hydroxylation sites is 1. The molecule has 1 heterocycles. The second-order valence-corrected chi connectivity index (χ2v) is 7.61. The molecular formula is C22H22N2O5S. The number of carboxylic acids is 1. The van der Waals surface area contributed by atoms with Gasteiger partial charge in [-0.05, 0) is 48.2 Å². The molecule has 0 fully saturated rings. The summed E-state index contributed by atoms with van der Waals surface area (Å²) < 4.78 is 11.8. The van der Waals surface area contributed by atoms with Gasteiger partial charge in [-0.2, -0.15) is 5.10 Å². The number of benzene rings is 2. The van der Waals surface area contributed by atoms with E-state index in [2.05, 4.69) is 5.10 Å². The summed E-state index contributed by atoms with van der Waals surface area (Å²) in [7, 11) is 4.67. The molecule has 0 aliphatic rings. The zero-order valence-corrected chi connectivity index (χ0v) is 17.9. The van der Waals surface area contributed by atoms with E-state index in [4.69, 9.17) is 14.6 Å². The molecule has 30 heavy (non-hydrogen) atoms.